The zero-order valence-electron chi connectivity index (χ0n) is 10.7. The van der Waals surface area contributed by atoms with Gasteiger partial charge < -0.3 is 4.90 Å². The molecule has 0 aliphatic carbocycles. The number of nitrogens with zero attached hydrogens (tertiary/aromatic N) is 2. The SMILES string of the molecule is CCC(Br)C(=O)N1CCCC(N2CCCC2)C1. The Morgan fingerprint density at radius 1 is 1.29 bits per heavy atom. The number of carbonyl (C=O) groups is 1. The van der Waals surface area contributed by atoms with Gasteiger partial charge in [0.05, 0.1) is 4.83 Å². The van der Waals surface area contributed by atoms with E-state index in [-0.39, 0.29) is 10.7 Å². The first-order valence-electron chi connectivity index (χ1n) is 6.89. The third-order valence-electron chi connectivity index (χ3n) is 3.99. The number of amides is 1. The van der Waals surface area contributed by atoms with E-state index in [4.69, 9.17) is 0 Å². The molecule has 2 rings (SSSR count). The summed E-state index contributed by atoms with van der Waals surface area (Å²) in [5, 5.41) is 0. The number of alkyl halides is 1. The Morgan fingerprint density at radius 3 is 2.65 bits per heavy atom. The van der Waals surface area contributed by atoms with Gasteiger partial charge in [0.15, 0.2) is 0 Å². The lowest BCUT2D eigenvalue weighted by atomic mass is 10.0. The maximum atomic E-state index is 12.2. The maximum absolute atomic E-state index is 12.2. The standard InChI is InChI=1S/C13H23BrN2O/c1-2-12(14)13(17)16-9-5-6-11(10-16)15-7-3-4-8-15/h11-12H,2-10H2,1H3. The van der Waals surface area contributed by atoms with Crippen molar-refractivity contribution >= 4 is 21.8 Å². The van der Waals surface area contributed by atoms with Gasteiger partial charge in [0.1, 0.15) is 0 Å². The second-order valence-electron chi connectivity index (χ2n) is 5.20. The Bertz CT molecular complexity index is 266. The van der Waals surface area contributed by atoms with Crippen LogP contribution in [0.3, 0.4) is 0 Å². The van der Waals surface area contributed by atoms with Gasteiger partial charge in [0.25, 0.3) is 0 Å². The van der Waals surface area contributed by atoms with Crippen molar-refractivity contribution in [1.82, 2.24) is 9.80 Å². The predicted octanol–water partition coefficient (Wildman–Crippen LogP) is 2.25. The average Bonchev–Trinajstić information content (AvgIpc) is 2.91. The first-order valence-corrected chi connectivity index (χ1v) is 7.81. The van der Waals surface area contributed by atoms with E-state index < -0.39 is 0 Å². The molecule has 0 radical (unpaired) electrons. The van der Waals surface area contributed by atoms with E-state index in [1.54, 1.807) is 0 Å². The number of hydrogen-bond acceptors (Lipinski definition) is 2. The fourth-order valence-electron chi connectivity index (χ4n) is 2.93. The fraction of sp³-hybridized carbons (Fsp3) is 0.923. The van der Waals surface area contributed by atoms with E-state index in [0.717, 1.165) is 25.9 Å². The van der Waals surface area contributed by atoms with Crippen LogP contribution in [0, 0.1) is 0 Å². The Kier molecular flexibility index (Phi) is 4.86. The van der Waals surface area contributed by atoms with E-state index in [9.17, 15) is 4.79 Å². The highest BCUT2D eigenvalue weighted by molar-refractivity contribution is 9.10. The van der Waals surface area contributed by atoms with E-state index in [1.165, 1.54) is 32.4 Å². The number of piperidine rings is 1. The minimum atomic E-state index is 0.0137. The average molecular weight is 303 g/mol. The molecular formula is C13H23BrN2O. The lowest BCUT2D eigenvalue weighted by Gasteiger charge is -2.38. The van der Waals surface area contributed by atoms with Crippen LogP contribution in [0.2, 0.25) is 0 Å². The van der Waals surface area contributed by atoms with E-state index in [0.29, 0.717) is 6.04 Å². The highest BCUT2D eigenvalue weighted by atomic mass is 79.9. The van der Waals surface area contributed by atoms with Crippen LogP contribution in [0.15, 0.2) is 0 Å². The molecule has 0 aromatic rings. The molecule has 2 unspecified atom stereocenters. The van der Waals surface area contributed by atoms with Gasteiger partial charge in [-0.1, -0.05) is 22.9 Å². The number of halogens is 1. The van der Waals surface area contributed by atoms with E-state index in [2.05, 4.69) is 32.7 Å². The lowest BCUT2D eigenvalue weighted by Crippen LogP contribution is -2.50. The van der Waals surface area contributed by atoms with Gasteiger partial charge >= 0.3 is 0 Å². The lowest BCUT2D eigenvalue weighted by molar-refractivity contribution is -0.132. The number of carbonyl (C=O) groups excluding carboxylic acids is 1. The molecule has 0 bridgehead atoms. The highest BCUT2D eigenvalue weighted by Gasteiger charge is 2.30. The van der Waals surface area contributed by atoms with Gasteiger partial charge in [-0.2, -0.15) is 0 Å². The summed E-state index contributed by atoms with van der Waals surface area (Å²) in [6, 6.07) is 0.617. The van der Waals surface area contributed by atoms with Crippen LogP contribution in [-0.4, -0.2) is 52.8 Å². The van der Waals surface area contributed by atoms with Crippen molar-refractivity contribution < 1.29 is 4.79 Å². The summed E-state index contributed by atoms with van der Waals surface area (Å²) in [7, 11) is 0. The largest absolute Gasteiger partial charge is 0.340 e. The molecule has 0 spiro atoms. The summed E-state index contributed by atoms with van der Waals surface area (Å²) in [5.74, 6) is 0.288. The van der Waals surface area contributed by atoms with Gasteiger partial charge in [-0.05, 0) is 45.2 Å². The summed E-state index contributed by atoms with van der Waals surface area (Å²) in [6.07, 6.45) is 5.98. The third-order valence-corrected chi connectivity index (χ3v) is 5.03. The third kappa shape index (κ3) is 3.22. The van der Waals surface area contributed by atoms with Crippen LogP contribution in [0.4, 0.5) is 0 Å². The second-order valence-corrected chi connectivity index (χ2v) is 6.30. The minimum absolute atomic E-state index is 0.0137. The number of likely N-dealkylation sites (tertiary alicyclic amines) is 2. The molecule has 0 saturated carbocycles. The molecule has 2 fully saturated rings. The predicted molar refractivity (Wildman–Crippen MR) is 73.4 cm³/mol. The summed E-state index contributed by atoms with van der Waals surface area (Å²) in [6.45, 7) is 6.42. The van der Waals surface area contributed by atoms with Crippen LogP contribution in [-0.2, 0) is 4.79 Å². The molecule has 98 valence electrons. The van der Waals surface area contributed by atoms with Gasteiger partial charge in [-0.25, -0.2) is 0 Å². The monoisotopic (exact) mass is 302 g/mol. The summed E-state index contributed by atoms with van der Waals surface area (Å²) in [4.78, 5) is 16.8. The van der Waals surface area contributed by atoms with Crippen molar-refractivity contribution in [2.45, 2.75) is 49.9 Å². The van der Waals surface area contributed by atoms with Crippen LogP contribution in [0.5, 0.6) is 0 Å². The Labute approximate surface area is 113 Å². The smallest absolute Gasteiger partial charge is 0.236 e. The molecule has 2 aliphatic rings. The quantitative estimate of drug-likeness (QED) is 0.747. The van der Waals surface area contributed by atoms with Crippen LogP contribution in [0.1, 0.15) is 39.0 Å². The molecule has 2 aliphatic heterocycles. The van der Waals surface area contributed by atoms with Crippen molar-refractivity contribution in [2.75, 3.05) is 26.2 Å². The Balaban J connectivity index is 1.89. The second kappa shape index (κ2) is 6.19. The number of hydrogen-bond donors (Lipinski definition) is 0. The topological polar surface area (TPSA) is 23.6 Å². The molecule has 17 heavy (non-hydrogen) atoms. The maximum Gasteiger partial charge on any atom is 0.236 e. The summed E-state index contributed by atoms with van der Waals surface area (Å²) in [5.41, 5.74) is 0. The zero-order valence-corrected chi connectivity index (χ0v) is 12.3. The molecular weight excluding hydrogens is 280 g/mol. The van der Waals surface area contributed by atoms with Gasteiger partial charge in [0, 0.05) is 19.1 Å². The van der Waals surface area contributed by atoms with Crippen molar-refractivity contribution in [2.24, 2.45) is 0 Å². The minimum Gasteiger partial charge on any atom is -0.340 e. The molecule has 0 aromatic heterocycles. The summed E-state index contributed by atoms with van der Waals surface area (Å²) >= 11 is 3.48. The summed E-state index contributed by atoms with van der Waals surface area (Å²) < 4.78 is 0. The fourth-order valence-corrected chi connectivity index (χ4v) is 3.22. The molecule has 3 nitrogen and oxygen atoms in total. The molecule has 2 heterocycles. The molecule has 2 saturated heterocycles. The van der Waals surface area contributed by atoms with Crippen LogP contribution < -0.4 is 0 Å². The highest BCUT2D eigenvalue weighted by Crippen LogP contribution is 2.22. The molecule has 1 amide bonds. The van der Waals surface area contributed by atoms with E-state index >= 15 is 0 Å². The Morgan fingerprint density at radius 2 is 2.00 bits per heavy atom. The van der Waals surface area contributed by atoms with Crippen LogP contribution >= 0.6 is 15.9 Å². The first kappa shape index (κ1) is 13.3. The van der Waals surface area contributed by atoms with Crippen molar-refractivity contribution in [1.29, 1.82) is 0 Å². The van der Waals surface area contributed by atoms with E-state index in [1.807, 2.05) is 0 Å². The van der Waals surface area contributed by atoms with Crippen LogP contribution in [0.25, 0.3) is 0 Å². The van der Waals surface area contributed by atoms with Gasteiger partial charge in [-0.3, -0.25) is 9.69 Å². The van der Waals surface area contributed by atoms with Gasteiger partial charge in [-0.15, -0.1) is 0 Å². The molecule has 0 N–H and O–H groups in total. The molecule has 2 atom stereocenters. The Hall–Kier alpha value is -0.0900. The molecule has 4 heteroatoms. The van der Waals surface area contributed by atoms with Crippen molar-refractivity contribution in [3.05, 3.63) is 0 Å². The zero-order chi connectivity index (χ0) is 12.3. The first-order chi connectivity index (χ1) is 8.22. The van der Waals surface area contributed by atoms with Crippen molar-refractivity contribution in [3.63, 3.8) is 0 Å². The van der Waals surface area contributed by atoms with Gasteiger partial charge in [0.2, 0.25) is 5.91 Å². The normalized spacial score (nSPS) is 28.4. The number of rotatable bonds is 3. The van der Waals surface area contributed by atoms with Crippen molar-refractivity contribution in [3.8, 4) is 0 Å². The molecule has 0 aromatic carbocycles.